The molecule has 0 saturated carbocycles. The van der Waals surface area contributed by atoms with Gasteiger partial charge in [-0.3, -0.25) is 4.79 Å². The first kappa shape index (κ1) is 16.0. The van der Waals surface area contributed by atoms with E-state index in [1.165, 1.54) is 0 Å². The van der Waals surface area contributed by atoms with E-state index in [2.05, 4.69) is 10.3 Å². The highest BCUT2D eigenvalue weighted by molar-refractivity contribution is 6.33. The lowest BCUT2D eigenvalue weighted by molar-refractivity contribution is 0.0521. The predicted octanol–water partition coefficient (Wildman–Crippen LogP) is 2.40. The summed E-state index contributed by atoms with van der Waals surface area (Å²) in [5.74, 6) is 0.840. The number of carbonyl (C=O) groups excluding carboxylic acids is 1. The van der Waals surface area contributed by atoms with Crippen molar-refractivity contribution in [3.05, 3.63) is 22.8 Å². The molecule has 0 radical (unpaired) electrons. The Morgan fingerprint density at radius 1 is 1.57 bits per heavy atom. The van der Waals surface area contributed by atoms with E-state index < -0.39 is 0 Å². The normalized spacial score (nSPS) is 17.6. The molecule has 1 atom stereocenters. The molecule has 1 aliphatic rings. The molecule has 116 valence electrons. The Morgan fingerprint density at radius 3 is 2.76 bits per heavy atom. The van der Waals surface area contributed by atoms with Crippen molar-refractivity contribution in [2.45, 2.75) is 32.8 Å². The number of aliphatic hydroxyl groups excluding tert-OH is 1. The summed E-state index contributed by atoms with van der Waals surface area (Å²) >= 11 is 6.13. The van der Waals surface area contributed by atoms with Gasteiger partial charge in [0.1, 0.15) is 5.82 Å². The quantitative estimate of drug-likeness (QED) is 0.896. The maximum Gasteiger partial charge on any atom is 0.255 e. The number of amides is 1. The van der Waals surface area contributed by atoms with Gasteiger partial charge in [0.05, 0.1) is 16.7 Å². The van der Waals surface area contributed by atoms with Gasteiger partial charge in [-0.25, -0.2) is 4.98 Å². The highest BCUT2D eigenvalue weighted by Crippen LogP contribution is 2.24. The second kappa shape index (κ2) is 7.09. The van der Waals surface area contributed by atoms with Crippen LogP contribution in [0.1, 0.15) is 37.0 Å². The van der Waals surface area contributed by atoms with E-state index in [4.69, 9.17) is 11.6 Å². The van der Waals surface area contributed by atoms with E-state index in [-0.39, 0.29) is 17.9 Å². The van der Waals surface area contributed by atoms with Crippen LogP contribution in [-0.4, -0.2) is 46.6 Å². The van der Waals surface area contributed by atoms with Crippen LogP contribution < -0.4 is 5.32 Å². The molecule has 0 bridgehead atoms. The number of pyridine rings is 1. The predicted molar refractivity (Wildman–Crippen MR) is 83.7 cm³/mol. The van der Waals surface area contributed by atoms with E-state index in [1.54, 1.807) is 17.2 Å². The number of aromatic nitrogens is 1. The highest BCUT2D eigenvalue weighted by atomic mass is 35.5. The van der Waals surface area contributed by atoms with Crippen molar-refractivity contribution in [2.75, 3.05) is 25.0 Å². The third kappa shape index (κ3) is 3.86. The second-order valence-corrected chi connectivity index (χ2v) is 5.86. The number of nitrogens with zero attached hydrogens (tertiary/aromatic N) is 2. The average molecular weight is 312 g/mol. The zero-order chi connectivity index (χ0) is 15.4. The number of piperidine rings is 1. The number of anilines is 1. The molecule has 6 heteroatoms. The summed E-state index contributed by atoms with van der Waals surface area (Å²) in [6.45, 7) is 5.84. The monoisotopic (exact) mass is 311 g/mol. The number of rotatable bonds is 4. The lowest BCUT2D eigenvalue weighted by Crippen LogP contribution is -2.40. The molecule has 5 nitrogen and oxygen atoms in total. The molecule has 0 spiro atoms. The van der Waals surface area contributed by atoms with Crippen LogP contribution in [0.3, 0.4) is 0 Å². The van der Waals surface area contributed by atoms with E-state index in [9.17, 15) is 9.90 Å². The van der Waals surface area contributed by atoms with Crippen molar-refractivity contribution in [3.63, 3.8) is 0 Å². The first-order valence-corrected chi connectivity index (χ1v) is 7.77. The van der Waals surface area contributed by atoms with Crippen LogP contribution in [0.2, 0.25) is 5.02 Å². The van der Waals surface area contributed by atoms with Gasteiger partial charge in [-0.2, -0.15) is 0 Å². The number of hydrogen-bond acceptors (Lipinski definition) is 4. The lowest BCUT2D eigenvalue weighted by Gasteiger charge is -2.33. The van der Waals surface area contributed by atoms with Crippen molar-refractivity contribution < 1.29 is 9.90 Å². The SMILES string of the molecule is CCNc1ncc(C(=O)N2CCC(C(C)O)CC2)cc1Cl. The summed E-state index contributed by atoms with van der Waals surface area (Å²) in [6.07, 6.45) is 2.92. The minimum atomic E-state index is -0.308. The molecule has 0 aromatic carbocycles. The number of carbonyl (C=O) groups is 1. The smallest absolute Gasteiger partial charge is 0.255 e. The molecular formula is C15H22ClN3O2. The fourth-order valence-electron chi connectivity index (χ4n) is 2.62. The van der Waals surface area contributed by atoms with Gasteiger partial charge in [-0.05, 0) is 38.7 Å². The van der Waals surface area contributed by atoms with E-state index in [1.807, 2.05) is 13.8 Å². The third-order valence-electron chi connectivity index (χ3n) is 3.94. The van der Waals surface area contributed by atoms with Crippen molar-refractivity contribution in [1.29, 1.82) is 0 Å². The Kier molecular flexibility index (Phi) is 5.42. The van der Waals surface area contributed by atoms with Crippen LogP contribution in [0.4, 0.5) is 5.82 Å². The average Bonchev–Trinajstić information content (AvgIpc) is 2.49. The molecule has 21 heavy (non-hydrogen) atoms. The van der Waals surface area contributed by atoms with Crippen molar-refractivity contribution in [3.8, 4) is 0 Å². The zero-order valence-electron chi connectivity index (χ0n) is 12.5. The van der Waals surface area contributed by atoms with E-state index in [0.717, 1.165) is 19.4 Å². The minimum absolute atomic E-state index is 0.0449. The fourth-order valence-corrected chi connectivity index (χ4v) is 2.85. The molecule has 2 heterocycles. The van der Waals surface area contributed by atoms with Crippen LogP contribution >= 0.6 is 11.6 Å². The van der Waals surface area contributed by atoms with Crippen LogP contribution in [0.5, 0.6) is 0 Å². The summed E-state index contributed by atoms with van der Waals surface area (Å²) < 4.78 is 0. The standard InChI is InChI=1S/C15H22ClN3O2/c1-3-17-14-13(16)8-12(9-18-14)15(21)19-6-4-11(5-7-19)10(2)20/h8-11,20H,3-7H2,1-2H3,(H,17,18). The molecule has 1 unspecified atom stereocenters. The first-order valence-electron chi connectivity index (χ1n) is 7.39. The van der Waals surface area contributed by atoms with E-state index >= 15 is 0 Å². The van der Waals surface area contributed by atoms with Crippen molar-refractivity contribution in [2.24, 2.45) is 5.92 Å². The maximum absolute atomic E-state index is 12.4. The van der Waals surface area contributed by atoms with Gasteiger partial charge in [0.2, 0.25) is 0 Å². The summed E-state index contributed by atoms with van der Waals surface area (Å²) in [5.41, 5.74) is 0.511. The van der Waals surface area contributed by atoms with Crippen LogP contribution in [0.15, 0.2) is 12.3 Å². The molecule has 1 aromatic rings. The van der Waals surface area contributed by atoms with Gasteiger partial charge < -0.3 is 15.3 Å². The number of hydrogen-bond donors (Lipinski definition) is 2. The third-order valence-corrected chi connectivity index (χ3v) is 4.23. The topological polar surface area (TPSA) is 65.5 Å². The maximum atomic E-state index is 12.4. The molecule has 1 fully saturated rings. The molecule has 0 aliphatic carbocycles. The van der Waals surface area contributed by atoms with Gasteiger partial charge in [0.25, 0.3) is 5.91 Å². The fraction of sp³-hybridized carbons (Fsp3) is 0.600. The molecule has 1 aromatic heterocycles. The summed E-state index contributed by atoms with van der Waals surface area (Å²) in [5, 5.41) is 13.1. The largest absolute Gasteiger partial charge is 0.393 e. The summed E-state index contributed by atoms with van der Waals surface area (Å²) in [4.78, 5) is 18.4. The van der Waals surface area contributed by atoms with Gasteiger partial charge in [-0.15, -0.1) is 0 Å². The van der Waals surface area contributed by atoms with Crippen LogP contribution in [0.25, 0.3) is 0 Å². The minimum Gasteiger partial charge on any atom is -0.393 e. The van der Waals surface area contributed by atoms with Gasteiger partial charge >= 0.3 is 0 Å². The first-order chi connectivity index (χ1) is 10.0. The second-order valence-electron chi connectivity index (χ2n) is 5.45. The lowest BCUT2D eigenvalue weighted by atomic mass is 9.92. The Bertz CT molecular complexity index is 500. The van der Waals surface area contributed by atoms with Crippen molar-refractivity contribution >= 4 is 23.3 Å². The Hall–Kier alpha value is -1.33. The number of aliphatic hydroxyl groups is 1. The van der Waals surface area contributed by atoms with Crippen LogP contribution in [-0.2, 0) is 0 Å². The number of likely N-dealkylation sites (tertiary alicyclic amines) is 1. The van der Waals surface area contributed by atoms with Crippen molar-refractivity contribution in [1.82, 2.24) is 9.88 Å². The van der Waals surface area contributed by atoms with Gasteiger partial charge in [0.15, 0.2) is 0 Å². The zero-order valence-corrected chi connectivity index (χ0v) is 13.2. The molecule has 2 N–H and O–H groups in total. The molecule has 1 amide bonds. The Morgan fingerprint density at radius 2 is 2.24 bits per heavy atom. The highest BCUT2D eigenvalue weighted by Gasteiger charge is 2.26. The molecular weight excluding hydrogens is 290 g/mol. The number of nitrogens with one attached hydrogen (secondary N) is 1. The molecule has 1 aliphatic heterocycles. The van der Waals surface area contributed by atoms with E-state index in [0.29, 0.717) is 29.5 Å². The summed E-state index contributed by atoms with van der Waals surface area (Å²) in [7, 11) is 0. The Labute approximate surface area is 130 Å². The number of halogens is 1. The summed E-state index contributed by atoms with van der Waals surface area (Å²) in [6, 6.07) is 1.66. The molecule has 2 rings (SSSR count). The van der Waals surface area contributed by atoms with Crippen LogP contribution in [0, 0.1) is 5.92 Å². The molecule has 1 saturated heterocycles. The Balaban J connectivity index is 2.02. The van der Waals surface area contributed by atoms with Gasteiger partial charge in [-0.1, -0.05) is 11.6 Å². The van der Waals surface area contributed by atoms with Gasteiger partial charge in [0, 0.05) is 25.8 Å².